The maximum absolute atomic E-state index is 13.1. The highest BCUT2D eigenvalue weighted by Gasteiger charge is 2.25. The van der Waals surface area contributed by atoms with E-state index >= 15 is 0 Å². The predicted octanol–water partition coefficient (Wildman–Crippen LogP) is 2.35. The molecule has 0 N–H and O–H groups in total. The monoisotopic (exact) mass is 295 g/mol. The van der Waals surface area contributed by atoms with E-state index in [4.69, 9.17) is 5.48 Å². The van der Waals surface area contributed by atoms with Crippen molar-refractivity contribution in [2.75, 3.05) is 13.0 Å². The van der Waals surface area contributed by atoms with E-state index in [1.807, 2.05) is 0 Å². The first-order chi connectivity index (χ1) is 11.6. The van der Waals surface area contributed by atoms with Crippen LogP contribution in [-0.2, 0) is 6.54 Å². The van der Waals surface area contributed by atoms with E-state index in [1.165, 1.54) is 24.3 Å². The van der Waals surface area contributed by atoms with Gasteiger partial charge in [-0.25, -0.2) is 4.39 Å². The summed E-state index contributed by atoms with van der Waals surface area (Å²) in [7, 11) is 0. The normalized spacial score (nSPS) is 24.9. The van der Waals surface area contributed by atoms with Crippen LogP contribution < -0.4 is 4.90 Å². The van der Waals surface area contributed by atoms with Gasteiger partial charge in [0.1, 0.15) is 5.82 Å². The van der Waals surface area contributed by atoms with Gasteiger partial charge in [-0.2, -0.15) is 0 Å². The van der Waals surface area contributed by atoms with Gasteiger partial charge in [0.2, 0.25) is 5.69 Å². The summed E-state index contributed by atoms with van der Waals surface area (Å²) in [5.74, 6) is -0.568. The zero-order valence-electron chi connectivity index (χ0n) is 15.5. The summed E-state index contributed by atoms with van der Waals surface area (Å²) in [6.07, 6.45) is 0.311. The number of nitrogens with zero attached hydrogens (tertiary/aromatic N) is 3. The molecule has 2 heterocycles. The molecule has 112 valence electrons. The maximum atomic E-state index is 13.1. The molecular weight excluding hydrogens is 273 g/mol. The number of likely N-dealkylation sites (tertiary alicyclic amines) is 1. The number of halogens is 1. The summed E-state index contributed by atoms with van der Waals surface area (Å²) in [6.45, 7) is -2.37. The SMILES string of the molecule is [2H]C1([2H])CC(C)CC([2H])([2H])N1Cc1c(-c2ccc(F)cc2)no[n+]1[O-]. The molecular formula is C15H18FN3O2. The van der Waals surface area contributed by atoms with Gasteiger partial charge in [-0.3, -0.25) is 9.53 Å². The van der Waals surface area contributed by atoms with Crippen molar-refractivity contribution in [3.05, 3.63) is 41.0 Å². The average Bonchev–Trinajstić information content (AvgIpc) is 2.83. The third kappa shape index (κ3) is 3.05. The van der Waals surface area contributed by atoms with Crippen LogP contribution in [0.1, 0.15) is 30.9 Å². The summed E-state index contributed by atoms with van der Waals surface area (Å²) in [5.41, 5.74) is 0.551. The van der Waals surface area contributed by atoms with Gasteiger partial charge in [0.25, 0.3) is 5.69 Å². The first-order valence-corrected chi connectivity index (χ1v) is 6.72. The molecule has 1 aliphatic heterocycles. The molecule has 1 aromatic heterocycles. The molecule has 0 bridgehead atoms. The molecule has 6 heteroatoms. The van der Waals surface area contributed by atoms with Gasteiger partial charge < -0.3 is 5.21 Å². The minimum atomic E-state index is -1.93. The molecule has 0 radical (unpaired) electrons. The summed E-state index contributed by atoms with van der Waals surface area (Å²) < 4.78 is 50.5. The number of hydrogen-bond acceptors (Lipinski definition) is 4. The molecule has 0 saturated carbocycles. The predicted molar refractivity (Wildman–Crippen MR) is 74.5 cm³/mol. The molecule has 3 rings (SSSR count). The van der Waals surface area contributed by atoms with Gasteiger partial charge >= 0.3 is 0 Å². The van der Waals surface area contributed by atoms with Crippen molar-refractivity contribution >= 4 is 0 Å². The first kappa shape index (κ1) is 9.89. The molecule has 1 aromatic carbocycles. The van der Waals surface area contributed by atoms with Crippen LogP contribution in [0, 0.1) is 16.9 Å². The Labute approximate surface area is 128 Å². The number of benzene rings is 1. The molecule has 2 aromatic rings. The Morgan fingerprint density at radius 1 is 1.43 bits per heavy atom. The van der Waals surface area contributed by atoms with E-state index < -0.39 is 18.8 Å². The molecule has 0 amide bonds. The topological polar surface area (TPSA) is 56.2 Å². The summed E-state index contributed by atoms with van der Waals surface area (Å²) >= 11 is 0. The Kier molecular flexibility index (Phi) is 2.74. The largest absolute Gasteiger partial charge is 0.359 e. The van der Waals surface area contributed by atoms with Crippen LogP contribution in [0.25, 0.3) is 11.3 Å². The molecule has 0 spiro atoms. The maximum Gasteiger partial charge on any atom is 0.252 e. The Morgan fingerprint density at radius 3 is 2.76 bits per heavy atom. The van der Waals surface area contributed by atoms with Gasteiger partial charge in [0, 0.05) is 16.2 Å². The highest BCUT2D eigenvalue weighted by Crippen LogP contribution is 2.23. The number of hydrogen-bond donors (Lipinski definition) is 0. The minimum absolute atomic E-state index is 0.0195. The molecule has 5 nitrogen and oxygen atoms in total. The lowest BCUT2D eigenvalue weighted by atomic mass is 9.99. The lowest BCUT2D eigenvalue weighted by Gasteiger charge is -2.29. The van der Waals surface area contributed by atoms with E-state index in [9.17, 15) is 9.60 Å². The van der Waals surface area contributed by atoms with Gasteiger partial charge in [-0.15, -0.1) is 0 Å². The number of piperidine rings is 1. The highest BCUT2D eigenvalue weighted by atomic mass is 19.1. The summed E-state index contributed by atoms with van der Waals surface area (Å²) in [6, 6.07) is 5.28. The van der Waals surface area contributed by atoms with Crippen LogP contribution in [0.2, 0.25) is 0 Å². The molecule has 1 saturated heterocycles. The van der Waals surface area contributed by atoms with Crippen LogP contribution in [-0.4, -0.2) is 23.1 Å². The fraction of sp³-hybridized carbons (Fsp3) is 0.467. The van der Waals surface area contributed by atoms with Crippen molar-refractivity contribution in [1.29, 1.82) is 0 Å². The van der Waals surface area contributed by atoms with E-state index in [0.29, 0.717) is 5.56 Å². The molecule has 1 aliphatic rings. The highest BCUT2D eigenvalue weighted by molar-refractivity contribution is 5.59. The van der Waals surface area contributed by atoms with Gasteiger partial charge in [-0.05, 0) is 60.9 Å². The lowest BCUT2D eigenvalue weighted by molar-refractivity contribution is -0.808. The Morgan fingerprint density at radius 2 is 2.10 bits per heavy atom. The second kappa shape index (κ2) is 5.81. The molecule has 0 unspecified atom stereocenters. The second-order valence-corrected chi connectivity index (χ2v) is 5.15. The van der Waals surface area contributed by atoms with Gasteiger partial charge in [0.05, 0.1) is 6.54 Å². The van der Waals surface area contributed by atoms with Gasteiger partial charge in [0.15, 0.2) is 0 Å². The van der Waals surface area contributed by atoms with Crippen LogP contribution >= 0.6 is 0 Å². The van der Waals surface area contributed by atoms with Crippen LogP contribution in [0.15, 0.2) is 28.9 Å². The molecule has 0 atom stereocenters. The van der Waals surface area contributed by atoms with Crippen molar-refractivity contribution in [2.24, 2.45) is 5.92 Å². The molecule has 1 fully saturated rings. The van der Waals surface area contributed by atoms with E-state index in [2.05, 4.69) is 9.79 Å². The number of rotatable bonds is 3. The fourth-order valence-electron chi connectivity index (χ4n) is 2.15. The van der Waals surface area contributed by atoms with Crippen LogP contribution in [0.5, 0.6) is 0 Å². The second-order valence-electron chi connectivity index (χ2n) is 5.15. The third-order valence-electron chi connectivity index (χ3n) is 3.39. The van der Waals surface area contributed by atoms with Crippen molar-refractivity contribution in [3.63, 3.8) is 0 Å². The molecule has 21 heavy (non-hydrogen) atoms. The third-order valence-corrected chi connectivity index (χ3v) is 3.39. The van der Waals surface area contributed by atoms with E-state index in [0.717, 1.165) is 4.90 Å². The molecule has 0 aliphatic carbocycles. The van der Waals surface area contributed by atoms with Gasteiger partial charge in [-0.1, -0.05) is 6.92 Å². The first-order valence-electron chi connectivity index (χ1n) is 8.72. The quantitative estimate of drug-likeness (QED) is 0.816. The van der Waals surface area contributed by atoms with Crippen molar-refractivity contribution in [2.45, 2.75) is 26.3 Å². The minimum Gasteiger partial charge on any atom is -0.359 e. The average molecular weight is 295 g/mol. The fourth-order valence-corrected chi connectivity index (χ4v) is 2.15. The Hall–Kier alpha value is -1.95. The Bertz CT molecular complexity index is 749. The van der Waals surface area contributed by atoms with E-state index in [1.54, 1.807) is 6.92 Å². The number of aromatic nitrogens is 2. The van der Waals surface area contributed by atoms with Crippen molar-refractivity contribution < 1.29 is 19.4 Å². The van der Waals surface area contributed by atoms with Crippen molar-refractivity contribution in [1.82, 2.24) is 10.1 Å². The Balaban J connectivity index is 1.98. The summed E-state index contributed by atoms with van der Waals surface area (Å²) in [4.78, 5) is 1.16. The summed E-state index contributed by atoms with van der Waals surface area (Å²) in [5, 5.41) is 15.7. The van der Waals surface area contributed by atoms with Crippen molar-refractivity contribution in [3.8, 4) is 11.3 Å². The lowest BCUT2D eigenvalue weighted by Crippen LogP contribution is -2.37. The van der Waals surface area contributed by atoms with Crippen LogP contribution in [0.4, 0.5) is 4.39 Å². The zero-order chi connectivity index (χ0) is 18.4. The smallest absolute Gasteiger partial charge is 0.252 e. The van der Waals surface area contributed by atoms with E-state index in [-0.39, 0.29) is 41.6 Å². The van der Waals surface area contributed by atoms with Crippen LogP contribution in [0.3, 0.4) is 0 Å². The zero-order valence-corrected chi connectivity index (χ0v) is 11.5. The standard InChI is InChI=1S/C15H18FN3O2/c1-11-6-8-18(9-7-11)10-14-15(17-21-19(14)20)12-2-4-13(16)5-3-12/h2-5,11H,6-10H2,1H3/i8D2,9D2.